The normalized spacial score (nSPS) is 34.5. The van der Waals surface area contributed by atoms with Crippen molar-refractivity contribution < 1.29 is 9.68 Å². The van der Waals surface area contributed by atoms with Gasteiger partial charge in [-0.1, -0.05) is 74.5 Å². The standard InChI is InChI=1S/C23H30N2O2/c1-22-15-23(2,17-25(27-4)20(22)18-11-7-5-8-12-18)21(24(16-22)26-3)19-13-9-6-10-14-19/h5-14,20-21H,15-17H2,1-4H3/t20-,21-,22+,23+/m0/s1. The number of nitrogens with zero attached hydrogens (tertiary/aromatic N) is 2. The zero-order valence-corrected chi connectivity index (χ0v) is 16.8. The highest BCUT2D eigenvalue weighted by atomic mass is 16.7. The Labute approximate surface area is 162 Å². The van der Waals surface area contributed by atoms with E-state index in [0.29, 0.717) is 0 Å². The second-order valence-corrected chi connectivity index (χ2v) is 8.63. The number of benzene rings is 2. The average molecular weight is 367 g/mol. The molecule has 0 unspecified atom stereocenters. The predicted octanol–water partition coefficient (Wildman–Crippen LogP) is 4.63. The van der Waals surface area contributed by atoms with Gasteiger partial charge in [0.2, 0.25) is 0 Å². The van der Waals surface area contributed by atoms with E-state index in [1.807, 2.05) is 0 Å². The molecule has 2 fully saturated rings. The van der Waals surface area contributed by atoms with Crippen molar-refractivity contribution >= 4 is 0 Å². The minimum absolute atomic E-state index is 0.0195. The number of fused-ring (bicyclic) bond motifs is 2. The van der Waals surface area contributed by atoms with E-state index >= 15 is 0 Å². The van der Waals surface area contributed by atoms with Gasteiger partial charge in [-0.15, -0.1) is 0 Å². The highest BCUT2D eigenvalue weighted by molar-refractivity contribution is 5.28. The van der Waals surface area contributed by atoms with E-state index in [4.69, 9.17) is 9.68 Å². The minimum atomic E-state index is 0.0195. The van der Waals surface area contributed by atoms with Gasteiger partial charge in [0.1, 0.15) is 0 Å². The van der Waals surface area contributed by atoms with Crippen molar-refractivity contribution in [2.45, 2.75) is 32.4 Å². The molecule has 4 nitrogen and oxygen atoms in total. The smallest absolute Gasteiger partial charge is 0.0669 e. The van der Waals surface area contributed by atoms with Gasteiger partial charge in [-0.3, -0.25) is 0 Å². The molecule has 2 aliphatic heterocycles. The van der Waals surface area contributed by atoms with Crippen molar-refractivity contribution in [3.05, 3.63) is 71.8 Å². The third-order valence-corrected chi connectivity index (χ3v) is 6.44. The second kappa shape index (κ2) is 7.02. The molecular weight excluding hydrogens is 336 g/mol. The first-order chi connectivity index (χ1) is 13.0. The van der Waals surface area contributed by atoms with Crippen LogP contribution in [0.3, 0.4) is 0 Å². The van der Waals surface area contributed by atoms with Crippen LogP contribution in [-0.2, 0) is 9.68 Å². The Kier molecular flexibility index (Phi) is 4.85. The first-order valence-electron chi connectivity index (χ1n) is 9.72. The van der Waals surface area contributed by atoms with Gasteiger partial charge in [-0.25, -0.2) is 0 Å². The number of piperidine rings is 2. The summed E-state index contributed by atoms with van der Waals surface area (Å²) in [5, 5.41) is 4.39. The molecular formula is C23H30N2O2. The molecule has 0 spiro atoms. The van der Waals surface area contributed by atoms with Crippen LogP contribution in [-0.4, -0.2) is 37.4 Å². The number of hydrogen-bond donors (Lipinski definition) is 0. The molecule has 2 aliphatic rings. The van der Waals surface area contributed by atoms with Crippen LogP contribution in [0.25, 0.3) is 0 Å². The van der Waals surface area contributed by atoms with Crippen LogP contribution in [0.4, 0.5) is 0 Å². The second-order valence-electron chi connectivity index (χ2n) is 8.63. The summed E-state index contributed by atoms with van der Waals surface area (Å²) < 4.78 is 0. The van der Waals surface area contributed by atoms with Gasteiger partial charge in [0.25, 0.3) is 0 Å². The van der Waals surface area contributed by atoms with E-state index in [-0.39, 0.29) is 22.9 Å². The number of hydroxylamine groups is 4. The number of hydrogen-bond acceptors (Lipinski definition) is 4. The molecule has 0 aliphatic carbocycles. The molecule has 2 saturated heterocycles. The third-order valence-electron chi connectivity index (χ3n) is 6.44. The summed E-state index contributed by atoms with van der Waals surface area (Å²) in [7, 11) is 3.60. The van der Waals surface area contributed by atoms with Gasteiger partial charge in [0.15, 0.2) is 0 Å². The van der Waals surface area contributed by atoms with Crippen LogP contribution in [0.1, 0.15) is 43.5 Å². The summed E-state index contributed by atoms with van der Waals surface area (Å²) >= 11 is 0. The van der Waals surface area contributed by atoms with Crippen LogP contribution in [0.2, 0.25) is 0 Å². The maximum atomic E-state index is 5.95. The lowest BCUT2D eigenvalue weighted by molar-refractivity contribution is -0.315. The van der Waals surface area contributed by atoms with Gasteiger partial charge < -0.3 is 9.68 Å². The quantitative estimate of drug-likeness (QED) is 0.788. The Balaban J connectivity index is 1.78. The van der Waals surface area contributed by atoms with Crippen LogP contribution in [0.15, 0.2) is 60.7 Å². The van der Waals surface area contributed by atoms with E-state index < -0.39 is 0 Å². The molecule has 0 aromatic heterocycles. The molecule has 2 bridgehead atoms. The van der Waals surface area contributed by atoms with Crippen molar-refractivity contribution in [1.29, 1.82) is 0 Å². The Hall–Kier alpha value is -1.72. The van der Waals surface area contributed by atoms with Crippen LogP contribution >= 0.6 is 0 Å². The maximum absolute atomic E-state index is 5.95. The summed E-state index contributed by atoms with van der Waals surface area (Å²) in [6, 6.07) is 21.9. The summed E-state index contributed by atoms with van der Waals surface area (Å²) in [4.78, 5) is 11.9. The van der Waals surface area contributed by atoms with Crippen molar-refractivity contribution in [1.82, 2.24) is 10.1 Å². The van der Waals surface area contributed by atoms with E-state index in [2.05, 4.69) is 84.6 Å². The summed E-state index contributed by atoms with van der Waals surface area (Å²) in [6.45, 7) is 6.47. The molecule has 0 saturated carbocycles. The summed E-state index contributed by atoms with van der Waals surface area (Å²) in [5.74, 6) is 0. The van der Waals surface area contributed by atoms with Crippen LogP contribution in [0, 0.1) is 10.8 Å². The lowest BCUT2D eigenvalue weighted by Gasteiger charge is -2.62. The first kappa shape index (κ1) is 18.6. The maximum Gasteiger partial charge on any atom is 0.0669 e. The molecule has 4 heteroatoms. The van der Waals surface area contributed by atoms with Crippen LogP contribution in [0.5, 0.6) is 0 Å². The van der Waals surface area contributed by atoms with E-state index in [9.17, 15) is 0 Å². The Morgan fingerprint density at radius 1 is 0.704 bits per heavy atom. The Morgan fingerprint density at radius 3 is 1.41 bits per heavy atom. The molecule has 2 aromatic carbocycles. The predicted molar refractivity (Wildman–Crippen MR) is 107 cm³/mol. The zero-order valence-electron chi connectivity index (χ0n) is 16.8. The molecule has 27 heavy (non-hydrogen) atoms. The molecule has 144 valence electrons. The Morgan fingerprint density at radius 2 is 1.07 bits per heavy atom. The molecule has 2 heterocycles. The van der Waals surface area contributed by atoms with Gasteiger partial charge in [-0.2, -0.15) is 10.1 Å². The summed E-state index contributed by atoms with van der Waals surface area (Å²) in [6.07, 6.45) is 1.12. The zero-order chi connectivity index (χ0) is 19.1. The molecule has 2 aromatic rings. The van der Waals surface area contributed by atoms with Crippen molar-refractivity contribution in [2.24, 2.45) is 10.8 Å². The van der Waals surface area contributed by atoms with E-state index in [1.54, 1.807) is 14.2 Å². The third kappa shape index (κ3) is 3.11. The number of rotatable bonds is 4. The topological polar surface area (TPSA) is 24.9 Å². The monoisotopic (exact) mass is 366 g/mol. The van der Waals surface area contributed by atoms with Gasteiger partial charge >= 0.3 is 0 Å². The highest BCUT2D eigenvalue weighted by Crippen LogP contribution is 2.60. The SMILES string of the molecule is CON1C[C@@]2(C)C[C@](C)(CN(OC)[C@H]2c2ccccc2)[C@@H]1c1ccccc1. The highest BCUT2D eigenvalue weighted by Gasteiger charge is 2.59. The van der Waals surface area contributed by atoms with Gasteiger partial charge in [-0.05, 0) is 17.5 Å². The first-order valence-corrected chi connectivity index (χ1v) is 9.72. The Bertz CT molecular complexity index is 703. The fourth-order valence-corrected chi connectivity index (χ4v) is 5.74. The average Bonchev–Trinajstić information content (AvgIpc) is 2.67. The fraction of sp³-hybridized carbons (Fsp3) is 0.478. The van der Waals surface area contributed by atoms with Gasteiger partial charge in [0.05, 0.1) is 26.3 Å². The molecule has 4 rings (SSSR count). The fourth-order valence-electron chi connectivity index (χ4n) is 5.74. The largest absolute Gasteiger partial charge is 0.302 e. The van der Waals surface area contributed by atoms with Gasteiger partial charge in [0, 0.05) is 23.9 Å². The summed E-state index contributed by atoms with van der Waals surface area (Å²) in [5.41, 5.74) is 2.65. The van der Waals surface area contributed by atoms with E-state index in [1.165, 1.54) is 11.1 Å². The lowest BCUT2D eigenvalue weighted by Crippen LogP contribution is -2.63. The van der Waals surface area contributed by atoms with Crippen molar-refractivity contribution in [3.63, 3.8) is 0 Å². The minimum Gasteiger partial charge on any atom is -0.302 e. The van der Waals surface area contributed by atoms with Crippen LogP contribution < -0.4 is 0 Å². The lowest BCUT2D eigenvalue weighted by atomic mass is 9.57. The molecule has 0 N–H and O–H groups in total. The van der Waals surface area contributed by atoms with Crippen molar-refractivity contribution in [3.8, 4) is 0 Å². The van der Waals surface area contributed by atoms with Crippen molar-refractivity contribution in [2.75, 3.05) is 27.3 Å². The van der Waals surface area contributed by atoms with E-state index in [0.717, 1.165) is 19.5 Å². The molecule has 0 amide bonds. The molecule has 0 radical (unpaired) electrons. The molecule has 4 atom stereocenters.